The molecular formula is C14H32N2O10. The van der Waals surface area contributed by atoms with Gasteiger partial charge < -0.3 is 29.9 Å². The molecule has 0 aromatic rings. The highest BCUT2D eigenvalue weighted by Crippen LogP contribution is 1.93. The zero-order chi connectivity index (χ0) is 22.3. The first-order valence-corrected chi connectivity index (χ1v) is 7.13. The number of ether oxygens (including phenoxy) is 2. The van der Waals surface area contributed by atoms with Gasteiger partial charge in [-0.1, -0.05) is 0 Å². The molecule has 0 aliphatic rings. The number of nitrogens with two attached hydrogens (primary N) is 2. The SMILES string of the molecule is CC(=O)O.CC(=O)O.CC(=O)O.CC(=O)O.CCOCC(N)(N)OCC. The van der Waals surface area contributed by atoms with Gasteiger partial charge in [0.25, 0.3) is 23.9 Å². The van der Waals surface area contributed by atoms with Crippen LogP contribution in [0.15, 0.2) is 0 Å². The molecule has 0 heterocycles. The Morgan fingerprint density at radius 3 is 1.12 bits per heavy atom. The molecule has 0 spiro atoms. The number of carbonyl (C=O) groups is 4. The quantitative estimate of drug-likeness (QED) is 0.342. The molecule has 158 valence electrons. The second-order valence-corrected chi connectivity index (χ2v) is 4.10. The van der Waals surface area contributed by atoms with E-state index in [4.69, 9.17) is 60.5 Å². The van der Waals surface area contributed by atoms with Crippen LogP contribution in [0, 0.1) is 0 Å². The van der Waals surface area contributed by atoms with Crippen LogP contribution in [0.4, 0.5) is 0 Å². The maximum atomic E-state index is 9.00. The maximum Gasteiger partial charge on any atom is 0.300 e. The third-order valence-electron chi connectivity index (χ3n) is 0.945. The van der Waals surface area contributed by atoms with Gasteiger partial charge in [0, 0.05) is 40.9 Å². The molecule has 0 rings (SSSR count). The van der Waals surface area contributed by atoms with Crippen molar-refractivity contribution in [2.45, 2.75) is 47.4 Å². The van der Waals surface area contributed by atoms with Crippen molar-refractivity contribution in [2.24, 2.45) is 11.5 Å². The van der Waals surface area contributed by atoms with E-state index in [9.17, 15) is 0 Å². The van der Waals surface area contributed by atoms with E-state index >= 15 is 0 Å². The number of rotatable bonds is 5. The highest BCUT2D eigenvalue weighted by molar-refractivity contribution is 5.63. The smallest absolute Gasteiger partial charge is 0.300 e. The number of aliphatic carboxylic acids is 4. The van der Waals surface area contributed by atoms with Gasteiger partial charge in [-0.15, -0.1) is 0 Å². The maximum absolute atomic E-state index is 9.00. The standard InChI is InChI=1S/C6H16N2O2.4C2H4O2/c1-3-9-5-6(7,8)10-4-2;4*1-2(3)4/h3-5,7-8H2,1-2H3;4*1H3,(H,3,4). The number of hydrogen-bond donors (Lipinski definition) is 6. The third-order valence-corrected chi connectivity index (χ3v) is 0.945. The molecule has 0 aromatic heterocycles. The van der Waals surface area contributed by atoms with E-state index in [1.807, 2.05) is 13.8 Å². The molecule has 0 radical (unpaired) electrons. The average molecular weight is 388 g/mol. The van der Waals surface area contributed by atoms with E-state index in [-0.39, 0.29) is 6.61 Å². The summed E-state index contributed by atoms with van der Waals surface area (Å²) in [4.78, 5) is 36.0. The topological polar surface area (TPSA) is 220 Å². The molecule has 0 aliphatic heterocycles. The summed E-state index contributed by atoms with van der Waals surface area (Å²) in [6.07, 6.45) is 0. The Kier molecular flexibility index (Phi) is 33.6. The van der Waals surface area contributed by atoms with Crippen molar-refractivity contribution in [3.05, 3.63) is 0 Å². The summed E-state index contributed by atoms with van der Waals surface area (Å²) < 4.78 is 9.94. The first kappa shape index (κ1) is 34.9. The number of hydrogen-bond acceptors (Lipinski definition) is 8. The van der Waals surface area contributed by atoms with Crippen LogP contribution in [0.2, 0.25) is 0 Å². The Bertz CT molecular complexity index is 309. The zero-order valence-electron chi connectivity index (χ0n) is 16.0. The van der Waals surface area contributed by atoms with E-state index in [0.717, 1.165) is 27.7 Å². The highest BCUT2D eigenvalue weighted by atomic mass is 16.6. The van der Waals surface area contributed by atoms with Crippen molar-refractivity contribution in [3.63, 3.8) is 0 Å². The minimum atomic E-state index is -1.12. The summed E-state index contributed by atoms with van der Waals surface area (Å²) >= 11 is 0. The lowest BCUT2D eigenvalue weighted by molar-refractivity contribution is -0.135. The fourth-order valence-electron chi connectivity index (χ4n) is 0.572. The lowest BCUT2D eigenvalue weighted by Gasteiger charge is -2.23. The lowest BCUT2D eigenvalue weighted by atomic mass is 10.5. The molecule has 0 saturated carbocycles. The molecular weight excluding hydrogens is 356 g/mol. The molecule has 12 heteroatoms. The van der Waals surface area contributed by atoms with Crippen LogP contribution in [-0.2, 0) is 28.7 Å². The minimum absolute atomic E-state index is 0.233. The lowest BCUT2D eigenvalue weighted by Crippen LogP contribution is -2.55. The zero-order valence-corrected chi connectivity index (χ0v) is 16.0. The van der Waals surface area contributed by atoms with E-state index in [2.05, 4.69) is 0 Å². The van der Waals surface area contributed by atoms with Gasteiger partial charge in [-0.25, -0.2) is 0 Å². The van der Waals surface area contributed by atoms with Crippen LogP contribution < -0.4 is 11.5 Å². The van der Waals surface area contributed by atoms with Crippen molar-refractivity contribution in [1.82, 2.24) is 0 Å². The van der Waals surface area contributed by atoms with Gasteiger partial charge in [-0.05, 0) is 13.8 Å². The summed E-state index contributed by atoms with van der Waals surface area (Å²) in [6.45, 7) is 9.38. The van der Waals surface area contributed by atoms with Gasteiger partial charge in [0.1, 0.15) is 6.61 Å². The van der Waals surface area contributed by atoms with Crippen LogP contribution in [-0.4, -0.2) is 70.0 Å². The fourth-order valence-corrected chi connectivity index (χ4v) is 0.572. The first-order chi connectivity index (χ1) is 11.5. The predicted molar refractivity (Wildman–Crippen MR) is 92.5 cm³/mol. The molecule has 0 unspecified atom stereocenters. The molecule has 0 aliphatic carbocycles. The Hall–Kier alpha value is -2.28. The summed E-state index contributed by atoms with van der Waals surface area (Å²) in [5, 5.41) is 29.7. The van der Waals surface area contributed by atoms with Gasteiger partial charge in [-0.3, -0.25) is 30.6 Å². The fraction of sp³-hybridized carbons (Fsp3) is 0.714. The van der Waals surface area contributed by atoms with Crippen LogP contribution in [0.25, 0.3) is 0 Å². The summed E-state index contributed by atoms with van der Waals surface area (Å²) in [5.41, 5.74) is 10.9. The summed E-state index contributed by atoms with van der Waals surface area (Å²) in [7, 11) is 0. The van der Waals surface area contributed by atoms with Crippen molar-refractivity contribution >= 4 is 23.9 Å². The second kappa shape index (κ2) is 25.0. The van der Waals surface area contributed by atoms with Gasteiger partial charge >= 0.3 is 0 Å². The summed E-state index contributed by atoms with van der Waals surface area (Å²) in [6, 6.07) is 0. The first-order valence-electron chi connectivity index (χ1n) is 7.13. The van der Waals surface area contributed by atoms with Crippen molar-refractivity contribution in [3.8, 4) is 0 Å². The van der Waals surface area contributed by atoms with Gasteiger partial charge in [0.2, 0.25) is 0 Å². The van der Waals surface area contributed by atoms with Crippen molar-refractivity contribution in [2.75, 3.05) is 19.8 Å². The van der Waals surface area contributed by atoms with Crippen LogP contribution >= 0.6 is 0 Å². The predicted octanol–water partition coefficient (Wildman–Crippen LogP) is -0.00580. The van der Waals surface area contributed by atoms with Crippen LogP contribution in [0.5, 0.6) is 0 Å². The van der Waals surface area contributed by atoms with E-state index < -0.39 is 29.7 Å². The number of carboxylic acids is 4. The Balaban J connectivity index is -0.0000000776. The molecule has 0 fully saturated rings. The van der Waals surface area contributed by atoms with E-state index in [1.54, 1.807) is 0 Å². The summed E-state index contributed by atoms with van der Waals surface area (Å²) in [5.74, 6) is -4.45. The van der Waals surface area contributed by atoms with Crippen molar-refractivity contribution < 1.29 is 49.1 Å². The number of carboxylic acid groups (broad SMARTS) is 4. The van der Waals surface area contributed by atoms with Gasteiger partial charge in [0.15, 0.2) is 5.85 Å². The molecule has 26 heavy (non-hydrogen) atoms. The molecule has 8 N–H and O–H groups in total. The van der Waals surface area contributed by atoms with Gasteiger partial charge in [0.05, 0.1) is 0 Å². The molecule has 0 aromatic carbocycles. The molecule has 0 amide bonds. The molecule has 0 saturated heterocycles. The normalized spacial score (nSPS) is 8.46. The molecule has 0 bridgehead atoms. The third kappa shape index (κ3) is 206. The second-order valence-electron chi connectivity index (χ2n) is 4.10. The monoisotopic (exact) mass is 388 g/mol. The van der Waals surface area contributed by atoms with E-state index in [0.29, 0.717) is 13.2 Å². The Labute approximate surface area is 152 Å². The Morgan fingerprint density at radius 1 is 0.731 bits per heavy atom. The van der Waals surface area contributed by atoms with E-state index in [1.165, 1.54) is 0 Å². The van der Waals surface area contributed by atoms with Crippen molar-refractivity contribution in [1.29, 1.82) is 0 Å². The molecule has 0 atom stereocenters. The van der Waals surface area contributed by atoms with Gasteiger partial charge in [-0.2, -0.15) is 0 Å². The van der Waals surface area contributed by atoms with Crippen LogP contribution in [0.3, 0.4) is 0 Å². The largest absolute Gasteiger partial charge is 0.481 e. The Morgan fingerprint density at radius 2 is 0.962 bits per heavy atom. The van der Waals surface area contributed by atoms with Crippen LogP contribution in [0.1, 0.15) is 41.5 Å². The highest BCUT2D eigenvalue weighted by Gasteiger charge is 2.18. The average Bonchev–Trinajstić information content (AvgIpc) is 2.33. The molecule has 12 nitrogen and oxygen atoms in total. The minimum Gasteiger partial charge on any atom is -0.481 e.